The molecule has 1 atom stereocenters. The SMILES string of the molecule is COc1ccccc1[C@H](CF)NC(=O)c1cccc(NCc2nnc(-c3ccncn3)n2C)c1. The van der Waals surface area contributed by atoms with E-state index in [-0.39, 0.29) is 5.91 Å². The van der Waals surface area contributed by atoms with Crippen molar-refractivity contribution in [3.63, 3.8) is 0 Å². The lowest BCUT2D eigenvalue weighted by Crippen LogP contribution is -2.30. The van der Waals surface area contributed by atoms with Crippen LogP contribution in [0, 0.1) is 0 Å². The highest BCUT2D eigenvalue weighted by molar-refractivity contribution is 5.95. The molecule has 0 saturated carbocycles. The zero-order valence-electron chi connectivity index (χ0n) is 18.8. The standard InChI is InChI=1S/C24H24FN7O2/c1-32-22(30-31-23(32)19-10-11-26-15-28-19)14-27-17-7-5-6-16(12-17)24(33)29-20(13-25)18-8-3-4-9-21(18)34-2/h3-12,15,20,27H,13-14H2,1-2H3,(H,29,33)/t20-/m0/s1. The maximum Gasteiger partial charge on any atom is 0.251 e. The summed E-state index contributed by atoms with van der Waals surface area (Å²) in [5.74, 6) is 1.45. The Morgan fingerprint density at radius 2 is 2.00 bits per heavy atom. The van der Waals surface area contributed by atoms with E-state index in [0.717, 1.165) is 0 Å². The van der Waals surface area contributed by atoms with E-state index in [9.17, 15) is 9.18 Å². The Labute approximate surface area is 196 Å². The lowest BCUT2D eigenvalue weighted by molar-refractivity contribution is 0.0929. The van der Waals surface area contributed by atoms with Gasteiger partial charge in [-0.15, -0.1) is 10.2 Å². The molecule has 2 aromatic heterocycles. The summed E-state index contributed by atoms with van der Waals surface area (Å²) in [6.07, 6.45) is 3.10. The number of anilines is 1. The molecule has 0 spiro atoms. The molecular weight excluding hydrogens is 437 g/mol. The molecule has 174 valence electrons. The van der Waals surface area contributed by atoms with Gasteiger partial charge in [-0.3, -0.25) is 4.79 Å². The molecular formula is C24H24FN7O2. The summed E-state index contributed by atoms with van der Waals surface area (Å²) >= 11 is 0. The number of rotatable bonds is 9. The topological polar surface area (TPSA) is 107 Å². The first-order chi connectivity index (χ1) is 16.6. The van der Waals surface area contributed by atoms with E-state index in [4.69, 9.17) is 4.74 Å². The highest BCUT2D eigenvalue weighted by Crippen LogP contribution is 2.25. The third-order valence-corrected chi connectivity index (χ3v) is 5.33. The summed E-state index contributed by atoms with van der Waals surface area (Å²) in [5.41, 5.74) is 2.37. The Bertz CT molecular complexity index is 1260. The highest BCUT2D eigenvalue weighted by Gasteiger charge is 2.19. The van der Waals surface area contributed by atoms with Crippen molar-refractivity contribution in [3.8, 4) is 17.3 Å². The van der Waals surface area contributed by atoms with Gasteiger partial charge in [-0.25, -0.2) is 14.4 Å². The van der Waals surface area contributed by atoms with Crippen LogP contribution in [0.2, 0.25) is 0 Å². The molecule has 4 aromatic rings. The molecule has 9 nitrogen and oxygen atoms in total. The Hall–Kier alpha value is -4.34. The normalized spacial score (nSPS) is 11.6. The minimum absolute atomic E-state index is 0.383. The number of alkyl halides is 1. The minimum atomic E-state index is -0.820. The summed E-state index contributed by atoms with van der Waals surface area (Å²) in [4.78, 5) is 21.0. The van der Waals surface area contributed by atoms with Crippen LogP contribution in [0.25, 0.3) is 11.5 Å². The van der Waals surface area contributed by atoms with Gasteiger partial charge in [0.25, 0.3) is 5.91 Å². The van der Waals surface area contributed by atoms with Crippen LogP contribution >= 0.6 is 0 Å². The zero-order valence-corrected chi connectivity index (χ0v) is 18.8. The minimum Gasteiger partial charge on any atom is -0.496 e. The van der Waals surface area contributed by atoms with E-state index in [1.165, 1.54) is 13.4 Å². The molecule has 0 bridgehead atoms. The number of hydrogen-bond acceptors (Lipinski definition) is 7. The van der Waals surface area contributed by atoms with Crippen molar-refractivity contribution in [2.75, 3.05) is 19.1 Å². The highest BCUT2D eigenvalue weighted by atomic mass is 19.1. The summed E-state index contributed by atoms with van der Waals surface area (Å²) in [7, 11) is 3.37. The number of halogens is 1. The number of carbonyl (C=O) groups excluding carboxylic acids is 1. The Morgan fingerprint density at radius 3 is 2.76 bits per heavy atom. The molecule has 2 N–H and O–H groups in total. The van der Waals surface area contributed by atoms with Crippen molar-refractivity contribution in [2.45, 2.75) is 12.6 Å². The van der Waals surface area contributed by atoms with Gasteiger partial charge in [0.15, 0.2) is 11.6 Å². The summed E-state index contributed by atoms with van der Waals surface area (Å²) in [6.45, 7) is -0.376. The van der Waals surface area contributed by atoms with Crippen LogP contribution in [-0.2, 0) is 13.6 Å². The number of nitrogens with zero attached hydrogens (tertiary/aromatic N) is 5. The van der Waals surface area contributed by atoms with Gasteiger partial charge in [0.1, 0.15) is 24.4 Å². The predicted octanol–water partition coefficient (Wildman–Crippen LogP) is 3.33. The molecule has 0 unspecified atom stereocenters. The maximum absolute atomic E-state index is 13.8. The quantitative estimate of drug-likeness (QED) is 0.394. The number of methoxy groups -OCH3 is 1. The Morgan fingerprint density at radius 1 is 1.15 bits per heavy atom. The van der Waals surface area contributed by atoms with Gasteiger partial charge in [0, 0.05) is 30.1 Å². The number of amides is 1. The van der Waals surface area contributed by atoms with E-state index in [0.29, 0.717) is 46.5 Å². The van der Waals surface area contributed by atoms with Gasteiger partial charge in [-0.05, 0) is 30.3 Å². The van der Waals surface area contributed by atoms with E-state index >= 15 is 0 Å². The molecule has 4 rings (SSSR count). The number of carbonyl (C=O) groups is 1. The van der Waals surface area contributed by atoms with Crippen LogP contribution in [-0.4, -0.2) is 44.4 Å². The summed E-state index contributed by atoms with van der Waals surface area (Å²) in [5, 5.41) is 14.4. The van der Waals surface area contributed by atoms with Crippen LogP contribution < -0.4 is 15.4 Å². The first-order valence-corrected chi connectivity index (χ1v) is 10.6. The lowest BCUT2D eigenvalue weighted by Gasteiger charge is -2.18. The molecule has 34 heavy (non-hydrogen) atoms. The van der Waals surface area contributed by atoms with E-state index in [1.807, 2.05) is 17.7 Å². The monoisotopic (exact) mass is 461 g/mol. The second-order valence-electron chi connectivity index (χ2n) is 7.45. The van der Waals surface area contributed by atoms with Crippen molar-refractivity contribution in [3.05, 3.63) is 84.1 Å². The second-order valence-corrected chi connectivity index (χ2v) is 7.45. The molecule has 1 amide bonds. The zero-order chi connectivity index (χ0) is 23.9. The fourth-order valence-corrected chi connectivity index (χ4v) is 3.51. The predicted molar refractivity (Wildman–Crippen MR) is 125 cm³/mol. The van der Waals surface area contributed by atoms with Crippen LogP contribution in [0.3, 0.4) is 0 Å². The third-order valence-electron chi connectivity index (χ3n) is 5.33. The molecule has 0 aliphatic heterocycles. The van der Waals surface area contributed by atoms with Gasteiger partial charge in [-0.1, -0.05) is 24.3 Å². The van der Waals surface area contributed by atoms with Crippen molar-refractivity contribution in [1.82, 2.24) is 30.0 Å². The van der Waals surface area contributed by atoms with E-state index in [2.05, 4.69) is 30.8 Å². The summed E-state index contributed by atoms with van der Waals surface area (Å²) < 4.78 is 20.9. The van der Waals surface area contributed by atoms with Crippen molar-refractivity contribution in [1.29, 1.82) is 0 Å². The van der Waals surface area contributed by atoms with Crippen LogP contribution in [0.5, 0.6) is 5.75 Å². The number of hydrogen-bond donors (Lipinski definition) is 2. The van der Waals surface area contributed by atoms with Gasteiger partial charge < -0.3 is 19.9 Å². The third kappa shape index (κ3) is 5.01. The number of aromatic nitrogens is 5. The maximum atomic E-state index is 13.8. The lowest BCUT2D eigenvalue weighted by atomic mass is 10.1. The Kier molecular flexibility index (Phi) is 7.07. The average molecular weight is 462 g/mol. The second kappa shape index (κ2) is 10.5. The van der Waals surface area contributed by atoms with Crippen LogP contribution in [0.15, 0.2) is 67.1 Å². The molecule has 2 heterocycles. The molecule has 10 heteroatoms. The van der Waals surface area contributed by atoms with Crippen LogP contribution in [0.4, 0.5) is 10.1 Å². The van der Waals surface area contributed by atoms with Crippen LogP contribution in [0.1, 0.15) is 27.8 Å². The van der Waals surface area contributed by atoms with Gasteiger partial charge in [0.05, 0.1) is 19.7 Å². The number of nitrogens with one attached hydrogen (secondary N) is 2. The smallest absolute Gasteiger partial charge is 0.251 e. The first kappa shape index (κ1) is 22.8. The van der Waals surface area contributed by atoms with Crippen molar-refractivity contribution >= 4 is 11.6 Å². The summed E-state index contributed by atoms with van der Waals surface area (Å²) in [6, 6.07) is 15.0. The van der Waals surface area contributed by atoms with E-state index < -0.39 is 12.7 Å². The van der Waals surface area contributed by atoms with E-state index in [1.54, 1.807) is 54.7 Å². The fourth-order valence-electron chi connectivity index (χ4n) is 3.51. The number of benzene rings is 2. The molecule has 0 fully saturated rings. The molecule has 2 aromatic carbocycles. The first-order valence-electron chi connectivity index (χ1n) is 10.6. The molecule has 0 aliphatic carbocycles. The molecule has 0 aliphatic rings. The van der Waals surface area contributed by atoms with Gasteiger partial charge in [0.2, 0.25) is 0 Å². The largest absolute Gasteiger partial charge is 0.496 e. The fraction of sp³-hybridized carbons (Fsp3) is 0.208. The van der Waals surface area contributed by atoms with Gasteiger partial charge >= 0.3 is 0 Å². The van der Waals surface area contributed by atoms with Crippen molar-refractivity contribution < 1.29 is 13.9 Å². The van der Waals surface area contributed by atoms with Crippen molar-refractivity contribution in [2.24, 2.45) is 7.05 Å². The average Bonchev–Trinajstić information content (AvgIpc) is 3.26. The molecule has 0 radical (unpaired) electrons. The molecule has 0 saturated heterocycles. The van der Waals surface area contributed by atoms with Gasteiger partial charge in [-0.2, -0.15) is 0 Å². The number of ether oxygens (including phenoxy) is 1. The Balaban J connectivity index is 1.44. The number of para-hydroxylation sites is 1.